The van der Waals surface area contributed by atoms with Crippen molar-refractivity contribution in [1.29, 1.82) is 0 Å². The quantitative estimate of drug-likeness (QED) is 0.0212. The highest BCUT2D eigenvalue weighted by molar-refractivity contribution is 7.45. The van der Waals surface area contributed by atoms with E-state index < -0.39 is 26.6 Å². The summed E-state index contributed by atoms with van der Waals surface area (Å²) in [6.07, 6.45) is 88.2. The lowest BCUT2D eigenvalue weighted by Gasteiger charge is -2.30. The highest BCUT2D eigenvalue weighted by Crippen LogP contribution is 2.38. The van der Waals surface area contributed by atoms with E-state index in [0.29, 0.717) is 17.4 Å². The third kappa shape index (κ3) is 65.4. The lowest BCUT2D eigenvalue weighted by molar-refractivity contribution is -0.870. The Morgan fingerprint density at radius 3 is 1.13 bits per heavy atom. The van der Waals surface area contributed by atoms with Gasteiger partial charge in [-0.25, -0.2) is 0 Å². The van der Waals surface area contributed by atoms with Gasteiger partial charge in [-0.05, 0) is 109 Å². The number of carbonyl (C=O) groups excluding carboxylic acids is 2. The average molecular weight is 1220 g/mol. The summed E-state index contributed by atoms with van der Waals surface area (Å²) in [7, 11) is 1.17. The molecule has 1 N–H and O–H groups in total. The number of hydrogen-bond acceptors (Lipinski definition) is 7. The number of amides is 1. The van der Waals surface area contributed by atoms with Gasteiger partial charge in [0.05, 0.1) is 33.8 Å². The van der Waals surface area contributed by atoms with Crippen LogP contribution in [-0.2, 0) is 27.9 Å². The summed E-state index contributed by atoms with van der Waals surface area (Å²) in [5, 5.41) is 3.04. The van der Waals surface area contributed by atoms with Crippen molar-refractivity contribution in [3.63, 3.8) is 0 Å². The van der Waals surface area contributed by atoms with Crippen LogP contribution in [0.3, 0.4) is 0 Å². The molecule has 0 aromatic rings. The predicted octanol–water partition coefficient (Wildman–Crippen LogP) is 22.4. The van der Waals surface area contributed by atoms with E-state index in [1.54, 1.807) is 0 Å². The van der Waals surface area contributed by atoms with Crippen LogP contribution in [0.4, 0.5) is 0 Å². The number of likely N-dealkylation sites (N-methyl/N-ethyl adjacent to an activating group) is 1. The van der Waals surface area contributed by atoms with E-state index in [1.807, 2.05) is 33.3 Å². The average Bonchev–Trinajstić information content (AvgIpc) is 3.69. The van der Waals surface area contributed by atoms with Crippen molar-refractivity contribution in [3.05, 3.63) is 97.2 Å². The molecule has 0 aliphatic carbocycles. The molecule has 1 amide bonds. The van der Waals surface area contributed by atoms with Crippen molar-refractivity contribution in [1.82, 2.24) is 5.32 Å². The van der Waals surface area contributed by atoms with Gasteiger partial charge in [-0.3, -0.25) is 14.2 Å². The number of quaternary nitrogens is 1. The molecule has 498 valence electrons. The zero-order valence-electron chi connectivity index (χ0n) is 57.0. The minimum Gasteiger partial charge on any atom is -0.756 e. The summed E-state index contributed by atoms with van der Waals surface area (Å²) < 4.78 is 30.5. The van der Waals surface area contributed by atoms with Crippen LogP contribution in [0.2, 0.25) is 0 Å². The first-order valence-electron chi connectivity index (χ1n) is 36.0. The number of rotatable bonds is 65. The van der Waals surface area contributed by atoms with Gasteiger partial charge in [-0.15, -0.1) is 0 Å². The van der Waals surface area contributed by atoms with E-state index in [0.717, 1.165) is 122 Å². The van der Waals surface area contributed by atoms with Crippen molar-refractivity contribution < 1.29 is 37.3 Å². The van der Waals surface area contributed by atoms with Gasteiger partial charge in [0, 0.05) is 12.8 Å². The van der Waals surface area contributed by atoms with Gasteiger partial charge in [-0.1, -0.05) is 298 Å². The summed E-state index contributed by atoms with van der Waals surface area (Å²) in [6.45, 7) is 6.74. The zero-order chi connectivity index (χ0) is 62.8. The number of allylic oxidation sites excluding steroid dienone is 15. The first kappa shape index (κ1) is 82.9. The lowest BCUT2D eigenvalue weighted by Crippen LogP contribution is -2.47. The van der Waals surface area contributed by atoms with Crippen LogP contribution < -0.4 is 10.2 Å². The van der Waals surface area contributed by atoms with Crippen LogP contribution in [0.5, 0.6) is 0 Å². The Morgan fingerprint density at radius 2 is 0.744 bits per heavy atom. The molecule has 0 spiro atoms. The maximum atomic E-state index is 13.6. The lowest BCUT2D eigenvalue weighted by atomic mass is 10.0. The van der Waals surface area contributed by atoms with Gasteiger partial charge in [0.15, 0.2) is 0 Å². The normalized spacial score (nSPS) is 14.1. The molecule has 3 unspecified atom stereocenters. The molecule has 0 radical (unpaired) electrons. The Bertz CT molecular complexity index is 1790. The summed E-state index contributed by atoms with van der Waals surface area (Å²) >= 11 is 0. The Kier molecular flexibility index (Phi) is 62.6. The Morgan fingerprint density at radius 1 is 0.419 bits per heavy atom. The number of phosphoric acid groups is 1. The molecular weight excluding hydrogens is 1080 g/mol. The molecule has 0 rings (SSSR count). The smallest absolute Gasteiger partial charge is 0.306 e. The predicted molar refractivity (Wildman–Crippen MR) is 371 cm³/mol. The molecule has 9 nitrogen and oxygen atoms in total. The SMILES string of the molecule is CC/C=C\C/C=C\C/C=C\C/C=C\C/C=C\C/C=C\CCCCCCCCC(=O)NC(COP(=O)([O-])OCC[N+](C)(C)C)C(/C=C/CCCCCCCCCCCC)OC(=O)CCCCCCCCCCCCCCC/C=C/CCCCCCCC. The number of carbonyl (C=O) groups is 2. The van der Waals surface area contributed by atoms with Gasteiger partial charge < -0.3 is 28.5 Å². The first-order valence-corrected chi connectivity index (χ1v) is 37.5. The fourth-order valence-electron chi connectivity index (χ4n) is 10.2. The second-order valence-corrected chi connectivity index (χ2v) is 26.8. The fraction of sp³-hybridized carbons (Fsp3) is 0.763. The molecule has 0 fully saturated rings. The van der Waals surface area contributed by atoms with Gasteiger partial charge in [-0.2, -0.15) is 0 Å². The van der Waals surface area contributed by atoms with Crippen molar-refractivity contribution in [2.75, 3.05) is 40.9 Å². The van der Waals surface area contributed by atoms with Crippen LogP contribution in [0, 0.1) is 0 Å². The van der Waals surface area contributed by atoms with Crippen LogP contribution in [-0.4, -0.2) is 69.4 Å². The molecule has 0 heterocycles. The number of nitrogens with zero attached hydrogens (tertiary/aromatic N) is 1. The van der Waals surface area contributed by atoms with Crippen LogP contribution in [0.1, 0.15) is 323 Å². The fourth-order valence-corrected chi connectivity index (χ4v) is 11.0. The van der Waals surface area contributed by atoms with E-state index in [-0.39, 0.29) is 24.9 Å². The number of esters is 1. The molecule has 0 bridgehead atoms. The van der Waals surface area contributed by atoms with Crippen molar-refractivity contribution >= 4 is 19.7 Å². The minimum absolute atomic E-state index is 0.0288. The van der Waals surface area contributed by atoms with Crippen LogP contribution in [0.25, 0.3) is 0 Å². The molecule has 0 aromatic carbocycles. The Labute approximate surface area is 532 Å². The van der Waals surface area contributed by atoms with Gasteiger partial charge in [0.1, 0.15) is 19.3 Å². The van der Waals surface area contributed by atoms with E-state index in [1.165, 1.54) is 167 Å². The standard InChI is InChI=1S/C76H137N2O7P/c1-7-10-13-16-19-22-25-28-30-32-34-36-38-39-41-42-44-46-48-50-53-56-59-62-65-68-75(79)77-73(72-84-86(81,82)83-71-70-78(4,5)6)74(67-64-61-58-55-52-27-24-21-18-15-12-9-3)85-76(80)69-66-63-60-57-54-51-49-47-45-43-40-37-35-33-31-29-26-23-20-17-14-11-8-2/h10,13,19,22,28-31,34,36,39,41,44,46,64,67,73-74H,7-9,11-12,14-18,20-21,23-27,32-33,35,37-38,40,42-43,45,47-63,65-66,68-72H2,1-6H3,(H-,77,79,81,82)/b13-10-,22-19-,30-28-,31-29+,36-34-,41-39-,46-44-,67-64+. The summed E-state index contributed by atoms with van der Waals surface area (Å²) in [5.41, 5.74) is 0. The van der Waals surface area contributed by atoms with Crippen LogP contribution in [0.15, 0.2) is 97.2 Å². The number of nitrogens with one attached hydrogen (secondary N) is 1. The van der Waals surface area contributed by atoms with E-state index in [4.69, 9.17) is 13.8 Å². The van der Waals surface area contributed by atoms with Gasteiger partial charge in [0.25, 0.3) is 7.82 Å². The molecule has 0 saturated heterocycles. The zero-order valence-corrected chi connectivity index (χ0v) is 57.9. The first-order chi connectivity index (χ1) is 41.9. The van der Waals surface area contributed by atoms with Crippen molar-refractivity contribution in [2.24, 2.45) is 0 Å². The molecule has 0 aromatic heterocycles. The van der Waals surface area contributed by atoms with E-state index >= 15 is 0 Å². The monoisotopic (exact) mass is 1220 g/mol. The Balaban J connectivity index is 5.10. The second kappa shape index (κ2) is 64.9. The molecule has 0 saturated carbocycles. The van der Waals surface area contributed by atoms with E-state index in [2.05, 4.69) is 111 Å². The number of phosphoric ester groups is 1. The molecule has 3 atom stereocenters. The number of hydrogen-bond donors (Lipinski definition) is 1. The third-order valence-electron chi connectivity index (χ3n) is 15.7. The van der Waals surface area contributed by atoms with Gasteiger partial charge in [0.2, 0.25) is 5.91 Å². The molecule has 10 heteroatoms. The number of unbranched alkanes of at least 4 members (excludes halogenated alkanes) is 35. The highest BCUT2D eigenvalue weighted by Gasteiger charge is 2.27. The summed E-state index contributed by atoms with van der Waals surface area (Å²) in [5.74, 6) is -0.553. The molecule has 86 heavy (non-hydrogen) atoms. The van der Waals surface area contributed by atoms with Crippen molar-refractivity contribution in [3.8, 4) is 0 Å². The third-order valence-corrected chi connectivity index (χ3v) is 16.7. The topological polar surface area (TPSA) is 114 Å². The largest absolute Gasteiger partial charge is 0.756 e. The van der Waals surface area contributed by atoms with Gasteiger partial charge >= 0.3 is 5.97 Å². The van der Waals surface area contributed by atoms with E-state index in [9.17, 15) is 19.0 Å². The second-order valence-electron chi connectivity index (χ2n) is 25.4. The highest BCUT2D eigenvalue weighted by atomic mass is 31.2. The molecule has 0 aliphatic rings. The van der Waals surface area contributed by atoms with Crippen molar-refractivity contribution in [2.45, 2.75) is 335 Å². The maximum absolute atomic E-state index is 13.6. The summed E-state index contributed by atoms with van der Waals surface area (Å²) in [4.78, 5) is 40.2. The minimum atomic E-state index is -4.71. The maximum Gasteiger partial charge on any atom is 0.306 e. The molecular formula is C76H137N2O7P. The number of ether oxygens (including phenoxy) is 1. The van der Waals surface area contributed by atoms with Crippen LogP contribution >= 0.6 is 7.82 Å². The Hall–Kier alpha value is -3.07. The molecule has 0 aliphatic heterocycles. The summed E-state index contributed by atoms with van der Waals surface area (Å²) in [6, 6.07) is -0.902.